The number of amides is 1. The SMILES string of the molecule is CO[C@@H]1CCN(C(=O)OC(C)(C)C)CC[C@@H]1C(=O)O. The molecule has 1 amide bonds. The quantitative estimate of drug-likeness (QED) is 0.829. The van der Waals surface area contributed by atoms with Crippen LogP contribution in [0.3, 0.4) is 0 Å². The normalized spacial score (nSPS) is 24.7. The third kappa shape index (κ3) is 4.70. The van der Waals surface area contributed by atoms with Gasteiger partial charge in [-0.1, -0.05) is 0 Å². The van der Waals surface area contributed by atoms with E-state index in [1.165, 1.54) is 7.11 Å². The summed E-state index contributed by atoms with van der Waals surface area (Å²) in [5, 5.41) is 9.16. The summed E-state index contributed by atoms with van der Waals surface area (Å²) in [5.74, 6) is -1.45. The smallest absolute Gasteiger partial charge is 0.410 e. The van der Waals surface area contributed by atoms with Crippen molar-refractivity contribution in [3.05, 3.63) is 0 Å². The van der Waals surface area contributed by atoms with Crippen LogP contribution in [0, 0.1) is 5.92 Å². The zero-order valence-corrected chi connectivity index (χ0v) is 12.0. The molecule has 1 saturated heterocycles. The lowest BCUT2D eigenvalue weighted by Crippen LogP contribution is -2.37. The Hall–Kier alpha value is -1.30. The van der Waals surface area contributed by atoms with Gasteiger partial charge in [-0.05, 0) is 33.6 Å². The Bertz CT molecular complexity index is 336. The van der Waals surface area contributed by atoms with Gasteiger partial charge in [-0.25, -0.2) is 4.79 Å². The molecule has 1 aliphatic rings. The Kier molecular flexibility index (Phi) is 5.17. The number of carbonyl (C=O) groups is 2. The van der Waals surface area contributed by atoms with Gasteiger partial charge in [-0.3, -0.25) is 4.79 Å². The van der Waals surface area contributed by atoms with Crippen molar-refractivity contribution < 1.29 is 24.2 Å². The monoisotopic (exact) mass is 273 g/mol. The van der Waals surface area contributed by atoms with Gasteiger partial charge in [-0.15, -0.1) is 0 Å². The average molecular weight is 273 g/mol. The maximum absolute atomic E-state index is 12.0. The molecule has 2 atom stereocenters. The molecule has 1 aliphatic heterocycles. The molecular weight excluding hydrogens is 250 g/mol. The molecule has 0 bridgehead atoms. The minimum Gasteiger partial charge on any atom is -0.481 e. The van der Waals surface area contributed by atoms with Crippen molar-refractivity contribution in [2.24, 2.45) is 5.92 Å². The first-order valence-electron chi connectivity index (χ1n) is 6.48. The third-order valence-corrected chi connectivity index (χ3v) is 3.11. The summed E-state index contributed by atoms with van der Waals surface area (Å²) in [6.45, 7) is 6.26. The first kappa shape index (κ1) is 15.8. The molecule has 1 N–H and O–H groups in total. The first-order valence-corrected chi connectivity index (χ1v) is 6.48. The molecule has 0 unspecified atom stereocenters. The molecule has 1 rings (SSSR count). The number of rotatable bonds is 2. The molecule has 110 valence electrons. The van der Waals surface area contributed by atoms with E-state index in [1.807, 2.05) is 0 Å². The largest absolute Gasteiger partial charge is 0.481 e. The zero-order valence-electron chi connectivity index (χ0n) is 12.0. The molecule has 19 heavy (non-hydrogen) atoms. The van der Waals surface area contributed by atoms with Crippen LogP contribution in [-0.2, 0) is 14.3 Å². The van der Waals surface area contributed by atoms with Crippen molar-refractivity contribution in [3.63, 3.8) is 0 Å². The summed E-state index contributed by atoms with van der Waals surface area (Å²) in [4.78, 5) is 24.7. The summed E-state index contributed by atoms with van der Waals surface area (Å²) >= 11 is 0. The lowest BCUT2D eigenvalue weighted by Gasteiger charge is -2.26. The number of likely N-dealkylation sites (tertiary alicyclic amines) is 1. The molecule has 0 radical (unpaired) electrons. The van der Waals surface area contributed by atoms with Crippen LogP contribution in [0.5, 0.6) is 0 Å². The molecule has 6 nitrogen and oxygen atoms in total. The summed E-state index contributed by atoms with van der Waals surface area (Å²) in [7, 11) is 1.50. The molecule has 0 saturated carbocycles. The maximum Gasteiger partial charge on any atom is 0.410 e. The lowest BCUT2D eigenvalue weighted by molar-refractivity contribution is -0.146. The molecule has 1 heterocycles. The molecule has 1 fully saturated rings. The van der Waals surface area contributed by atoms with Crippen molar-refractivity contribution in [2.45, 2.75) is 45.3 Å². The Labute approximate surface area is 113 Å². The van der Waals surface area contributed by atoms with E-state index < -0.39 is 23.6 Å². The first-order chi connectivity index (χ1) is 8.74. The van der Waals surface area contributed by atoms with E-state index in [4.69, 9.17) is 14.6 Å². The topological polar surface area (TPSA) is 76.1 Å². The number of nitrogens with zero attached hydrogens (tertiary/aromatic N) is 1. The van der Waals surface area contributed by atoms with Gasteiger partial charge in [0.1, 0.15) is 5.60 Å². The van der Waals surface area contributed by atoms with Crippen LogP contribution in [0.4, 0.5) is 4.79 Å². The second-order valence-corrected chi connectivity index (χ2v) is 5.76. The van der Waals surface area contributed by atoms with Gasteiger partial charge in [0.2, 0.25) is 0 Å². The molecule has 0 aromatic rings. The fourth-order valence-electron chi connectivity index (χ4n) is 2.15. The second-order valence-electron chi connectivity index (χ2n) is 5.76. The lowest BCUT2D eigenvalue weighted by atomic mass is 9.98. The fraction of sp³-hybridized carbons (Fsp3) is 0.846. The van der Waals surface area contributed by atoms with Crippen molar-refractivity contribution in [1.82, 2.24) is 4.90 Å². The van der Waals surface area contributed by atoms with Crippen LogP contribution in [-0.4, -0.2) is 54.0 Å². The van der Waals surface area contributed by atoms with Crippen molar-refractivity contribution >= 4 is 12.1 Å². The molecule has 0 aromatic heterocycles. The highest BCUT2D eigenvalue weighted by Gasteiger charge is 2.34. The number of carboxylic acids is 1. The van der Waals surface area contributed by atoms with Crippen LogP contribution < -0.4 is 0 Å². The molecule has 0 aliphatic carbocycles. The highest BCUT2D eigenvalue weighted by Crippen LogP contribution is 2.22. The third-order valence-electron chi connectivity index (χ3n) is 3.11. The van der Waals surface area contributed by atoms with Gasteiger partial charge in [-0.2, -0.15) is 0 Å². The Morgan fingerprint density at radius 3 is 2.26 bits per heavy atom. The minimum absolute atomic E-state index is 0.357. The molecule has 0 aromatic carbocycles. The number of carbonyl (C=O) groups excluding carboxylic acids is 1. The Morgan fingerprint density at radius 2 is 1.79 bits per heavy atom. The number of carboxylic acid groups (broad SMARTS) is 1. The van der Waals surface area contributed by atoms with E-state index in [1.54, 1.807) is 25.7 Å². The molecule has 6 heteroatoms. The molecular formula is C13H23NO5. The predicted octanol–water partition coefficient (Wildman–Crippen LogP) is 1.73. The summed E-state index contributed by atoms with van der Waals surface area (Å²) in [6, 6.07) is 0. The number of hydrogen-bond acceptors (Lipinski definition) is 4. The van der Waals surface area contributed by atoms with Gasteiger partial charge in [0.25, 0.3) is 0 Å². The van der Waals surface area contributed by atoms with Crippen LogP contribution >= 0.6 is 0 Å². The van der Waals surface area contributed by atoms with Crippen LogP contribution in [0.25, 0.3) is 0 Å². The highest BCUT2D eigenvalue weighted by atomic mass is 16.6. The van der Waals surface area contributed by atoms with Crippen molar-refractivity contribution in [3.8, 4) is 0 Å². The number of ether oxygens (including phenoxy) is 2. The van der Waals surface area contributed by atoms with Gasteiger partial charge >= 0.3 is 12.1 Å². The van der Waals surface area contributed by atoms with Crippen LogP contribution in [0.1, 0.15) is 33.6 Å². The Balaban J connectivity index is 2.66. The van der Waals surface area contributed by atoms with Crippen molar-refractivity contribution in [2.75, 3.05) is 20.2 Å². The highest BCUT2D eigenvalue weighted by molar-refractivity contribution is 5.71. The van der Waals surface area contributed by atoms with E-state index in [0.717, 1.165) is 0 Å². The minimum atomic E-state index is -0.877. The number of methoxy groups -OCH3 is 1. The van der Waals surface area contributed by atoms with E-state index in [2.05, 4.69) is 0 Å². The molecule has 0 spiro atoms. The Morgan fingerprint density at radius 1 is 1.21 bits per heavy atom. The van der Waals surface area contributed by atoms with Crippen LogP contribution in [0.15, 0.2) is 0 Å². The van der Waals surface area contributed by atoms with E-state index >= 15 is 0 Å². The second kappa shape index (κ2) is 6.23. The van der Waals surface area contributed by atoms with E-state index in [-0.39, 0.29) is 6.10 Å². The average Bonchev–Trinajstić information content (AvgIpc) is 2.48. The van der Waals surface area contributed by atoms with Crippen LogP contribution in [0.2, 0.25) is 0 Å². The standard InChI is InChI=1S/C13H23NO5/c1-13(2,3)19-12(17)14-7-5-9(11(15)16)10(18-4)6-8-14/h9-10H,5-8H2,1-4H3,(H,15,16)/t9-,10+/m0/s1. The summed E-state index contributed by atoms with van der Waals surface area (Å²) in [6.07, 6.45) is 0.137. The maximum atomic E-state index is 12.0. The van der Waals surface area contributed by atoms with Crippen molar-refractivity contribution in [1.29, 1.82) is 0 Å². The van der Waals surface area contributed by atoms with Gasteiger partial charge in [0, 0.05) is 20.2 Å². The summed E-state index contributed by atoms with van der Waals surface area (Å²) in [5.41, 5.74) is -0.545. The van der Waals surface area contributed by atoms with E-state index in [0.29, 0.717) is 25.9 Å². The van der Waals surface area contributed by atoms with Gasteiger partial charge in [0.05, 0.1) is 12.0 Å². The number of aliphatic carboxylic acids is 1. The van der Waals surface area contributed by atoms with Gasteiger partial charge in [0.15, 0.2) is 0 Å². The zero-order chi connectivity index (χ0) is 14.6. The van der Waals surface area contributed by atoms with E-state index in [9.17, 15) is 9.59 Å². The van der Waals surface area contributed by atoms with Gasteiger partial charge < -0.3 is 19.5 Å². The number of hydrogen-bond donors (Lipinski definition) is 1. The predicted molar refractivity (Wildman–Crippen MR) is 69.0 cm³/mol. The fourth-order valence-corrected chi connectivity index (χ4v) is 2.15. The summed E-state index contributed by atoms with van der Waals surface area (Å²) < 4.78 is 10.5.